The first kappa shape index (κ1) is 37.4. The van der Waals surface area contributed by atoms with Crippen LogP contribution < -0.4 is 4.90 Å². The highest BCUT2D eigenvalue weighted by Crippen LogP contribution is 2.61. The zero-order chi connectivity index (χ0) is 41.2. The van der Waals surface area contributed by atoms with Crippen LogP contribution in [0.3, 0.4) is 0 Å². The zero-order valence-electron chi connectivity index (χ0n) is 33.7. The fourth-order valence-electron chi connectivity index (χ4n) is 9.33. The fraction of sp³-hybridized carbons (Fsp3) is 0.0345. The van der Waals surface area contributed by atoms with Crippen LogP contribution in [-0.2, 0) is 11.8 Å². The summed E-state index contributed by atoms with van der Waals surface area (Å²) in [5, 5.41) is 17.3. The number of nitrogens with zero attached hydrogens (tertiary/aromatic N) is 1. The summed E-state index contributed by atoms with van der Waals surface area (Å²) < 4.78 is 0. The van der Waals surface area contributed by atoms with E-state index in [1.54, 1.807) is 0 Å². The average molecular weight is 782 g/mol. The van der Waals surface area contributed by atoms with Crippen molar-refractivity contribution in [3.05, 3.63) is 269 Å². The van der Waals surface area contributed by atoms with Crippen LogP contribution in [0.15, 0.2) is 230 Å². The molecule has 0 bridgehead atoms. The molecule has 0 saturated heterocycles. The lowest BCUT2D eigenvalue weighted by Crippen LogP contribution is -2.36. The minimum Gasteiger partial charge on any atom is -0.310 e. The standard InChI is InChI=1S/C58H43N3/c59-35-15-22-50-38-48-34-33-47(39-54(48)58(50)52-25-10-12-27-56(52)61(51-23-8-3-9-24-51)57-28-13-11-26-53(57)58)45-20-14-21-46(37-45)49(36-41-16-4-1-5-17-41)40-55(60)44-31-29-43(30-32-44)42-18-6-2-7-19-42/h1-35,37-40,59-60H,36H2/b22-15-,49-40+,59-35?,60-55?. The van der Waals surface area contributed by atoms with Gasteiger partial charge in [-0.2, -0.15) is 0 Å². The number of para-hydroxylation sites is 3. The lowest BCUT2D eigenvalue weighted by atomic mass is 9.63. The van der Waals surface area contributed by atoms with Gasteiger partial charge in [0, 0.05) is 11.9 Å². The van der Waals surface area contributed by atoms with Crippen molar-refractivity contribution in [1.29, 1.82) is 10.8 Å². The molecule has 0 fully saturated rings. The van der Waals surface area contributed by atoms with Gasteiger partial charge in [0.15, 0.2) is 0 Å². The number of benzene rings is 8. The Balaban J connectivity index is 1.09. The Morgan fingerprint density at radius 3 is 1.77 bits per heavy atom. The Kier molecular flexibility index (Phi) is 9.84. The van der Waals surface area contributed by atoms with Crippen LogP contribution in [0.25, 0.3) is 33.9 Å². The number of rotatable bonds is 10. The van der Waals surface area contributed by atoms with Crippen molar-refractivity contribution in [2.45, 2.75) is 11.8 Å². The number of anilines is 3. The van der Waals surface area contributed by atoms with E-state index in [0.717, 1.165) is 61.6 Å². The van der Waals surface area contributed by atoms with E-state index in [1.807, 2.05) is 24.3 Å². The van der Waals surface area contributed by atoms with Crippen LogP contribution >= 0.6 is 0 Å². The molecule has 0 amide bonds. The summed E-state index contributed by atoms with van der Waals surface area (Å²) >= 11 is 0. The van der Waals surface area contributed by atoms with E-state index < -0.39 is 5.41 Å². The predicted octanol–water partition coefficient (Wildman–Crippen LogP) is 14.4. The van der Waals surface area contributed by atoms with E-state index in [2.05, 4.69) is 211 Å². The summed E-state index contributed by atoms with van der Waals surface area (Å²) in [6.07, 6.45) is 10.4. The van der Waals surface area contributed by atoms with Gasteiger partial charge in [0.1, 0.15) is 0 Å². The normalized spacial score (nSPS) is 13.7. The maximum Gasteiger partial charge on any atom is 0.0748 e. The molecule has 2 N–H and O–H groups in total. The van der Waals surface area contributed by atoms with Crippen LogP contribution in [0.5, 0.6) is 0 Å². The van der Waals surface area contributed by atoms with Crippen molar-refractivity contribution in [3.8, 4) is 22.3 Å². The number of nitrogens with one attached hydrogen (secondary N) is 2. The highest BCUT2D eigenvalue weighted by molar-refractivity contribution is 6.10. The van der Waals surface area contributed by atoms with Crippen LogP contribution in [0.4, 0.5) is 17.1 Å². The predicted molar refractivity (Wildman–Crippen MR) is 256 cm³/mol. The summed E-state index contributed by atoms with van der Waals surface area (Å²) in [6, 6.07) is 73.1. The molecule has 3 heteroatoms. The topological polar surface area (TPSA) is 50.9 Å². The molecule has 1 aliphatic heterocycles. The Bertz CT molecular complexity index is 2960. The van der Waals surface area contributed by atoms with Crippen molar-refractivity contribution in [2.75, 3.05) is 4.90 Å². The molecule has 290 valence electrons. The monoisotopic (exact) mass is 781 g/mol. The third-order valence-electron chi connectivity index (χ3n) is 12.1. The molecule has 0 aromatic heterocycles. The molecular weight excluding hydrogens is 739 g/mol. The van der Waals surface area contributed by atoms with Gasteiger partial charge in [-0.15, -0.1) is 0 Å². The van der Waals surface area contributed by atoms with Gasteiger partial charge in [-0.1, -0.05) is 176 Å². The first-order valence-electron chi connectivity index (χ1n) is 20.8. The summed E-state index contributed by atoms with van der Waals surface area (Å²) in [7, 11) is 0. The molecule has 61 heavy (non-hydrogen) atoms. The number of allylic oxidation sites excluding steroid dienone is 5. The van der Waals surface area contributed by atoms with Gasteiger partial charge in [-0.3, -0.25) is 0 Å². The van der Waals surface area contributed by atoms with Gasteiger partial charge < -0.3 is 15.7 Å². The van der Waals surface area contributed by atoms with Gasteiger partial charge >= 0.3 is 0 Å². The third kappa shape index (κ3) is 6.76. The summed E-state index contributed by atoms with van der Waals surface area (Å²) in [6.45, 7) is 0. The lowest BCUT2D eigenvalue weighted by molar-refractivity contribution is 0.747. The average Bonchev–Trinajstić information content (AvgIpc) is 3.65. The quantitative estimate of drug-likeness (QED) is 0.133. The van der Waals surface area contributed by atoms with Crippen LogP contribution in [0.1, 0.15) is 38.9 Å². The molecule has 10 rings (SSSR count). The smallest absolute Gasteiger partial charge is 0.0748 e. The maximum atomic E-state index is 9.31. The minimum atomic E-state index is -0.621. The van der Waals surface area contributed by atoms with E-state index >= 15 is 0 Å². The van der Waals surface area contributed by atoms with E-state index in [1.165, 1.54) is 34.0 Å². The number of hydrogen-bond acceptors (Lipinski definition) is 3. The van der Waals surface area contributed by atoms with E-state index in [-0.39, 0.29) is 0 Å². The molecule has 3 nitrogen and oxygen atoms in total. The number of hydrogen-bond donors (Lipinski definition) is 2. The second kappa shape index (κ2) is 16.1. The second-order valence-corrected chi connectivity index (χ2v) is 15.7. The molecule has 1 heterocycles. The Labute approximate surface area is 358 Å². The van der Waals surface area contributed by atoms with Gasteiger partial charge in [0.25, 0.3) is 0 Å². The van der Waals surface area contributed by atoms with Crippen molar-refractivity contribution in [1.82, 2.24) is 0 Å². The zero-order valence-corrected chi connectivity index (χ0v) is 33.7. The first-order chi connectivity index (χ1) is 30.1. The Hall–Kier alpha value is -7.88. The molecule has 2 aliphatic rings. The minimum absolute atomic E-state index is 0.478. The van der Waals surface area contributed by atoms with E-state index in [9.17, 15) is 5.41 Å². The second-order valence-electron chi connectivity index (χ2n) is 15.7. The van der Waals surface area contributed by atoms with Gasteiger partial charge in [0.2, 0.25) is 0 Å². The maximum absolute atomic E-state index is 9.31. The molecule has 8 aromatic carbocycles. The van der Waals surface area contributed by atoms with Crippen molar-refractivity contribution in [3.63, 3.8) is 0 Å². The molecule has 0 radical (unpaired) electrons. The molecule has 1 aliphatic carbocycles. The van der Waals surface area contributed by atoms with Crippen LogP contribution in [-0.4, -0.2) is 11.9 Å². The molecule has 8 aromatic rings. The molecule has 1 spiro atoms. The lowest BCUT2D eigenvalue weighted by Gasteiger charge is -2.45. The molecule has 0 unspecified atom stereocenters. The summed E-state index contributed by atoms with van der Waals surface area (Å²) in [5.74, 6) is 0. The molecule has 0 saturated carbocycles. The van der Waals surface area contributed by atoms with Crippen molar-refractivity contribution < 1.29 is 0 Å². The van der Waals surface area contributed by atoms with Crippen LogP contribution in [0.2, 0.25) is 0 Å². The first-order valence-corrected chi connectivity index (χ1v) is 20.8. The van der Waals surface area contributed by atoms with E-state index in [4.69, 9.17) is 5.41 Å². The van der Waals surface area contributed by atoms with Gasteiger partial charge in [-0.05, 0) is 133 Å². The molecular formula is C58H43N3. The Morgan fingerprint density at radius 2 is 1.08 bits per heavy atom. The summed E-state index contributed by atoms with van der Waals surface area (Å²) in [5.41, 5.74) is 17.9. The van der Waals surface area contributed by atoms with Gasteiger partial charge in [0.05, 0.1) is 22.5 Å². The highest BCUT2D eigenvalue weighted by atomic mass is 15.2. The van der Waals surface area contributed by atoms with E-state index in [0.29, 0.717) is 12.1 Å². The highest BCUT2D eigenvalue weighted by Gasteiger charge is 2.50. The molecule has 0 atom stereocenters. The van der Waals surface area contributed by atoms with Crippen molar-refractivity contribution >= 4 is 40.6 Å². The Morgan fingerprint density at radius 1 is 0.508 bits per heavy atom. The van der Waals surface area contributed by atoms with Crippen molar-refractivity contribution in [2.24, 2.45) is 0 Å². The van der Waals surface area contributed by atoms with Crippen LogP contribution in [0, 0.1) is 10.8 Å². The van der Waals surface area contributed by atoms with Gasteiger partial charge in [-0.25, -0.2) is 0 Å². The summed E-state index contributed by atoms with van der Waals surface area (Å²) in [4.78, 5) is 2.38. The fourth-order valence-corrected chi connectivity index (χ4v) is 9.33. The SMILES string of the molecule is N=C/C=C\C1=Cc2ccc(-c3cccc(/C(=C/C(=N)c4ccc(-c5ccccc5)cc4)Cc4ccccc4)c3)cc2C12c1ccccc1N(c1ccccc1)c1ccccc12. The largest absolute Gasteiger partial charge is 0.310 e. The number of fused-ring (bicyclic) bond motifs is 6. The third-order valence-corrected chi connectivity index (χ3v) is 12.1.